The number of nitrogens with two attached hydrogens (primary N) is 1. The second kappa shape index (κ2) is 15.2. The summed E-state index contributed by atoms with van der Waals surface area (Å²) in [5, 5.41) is 27.1. The Bertz CT molecular complexity index is 1260. The number of nitrogens with one attached hydrogen (secondary N) is 3. The van der Waals surface area contributed by atoms with Crippen molar-refractivity contribution in [3.8, 4) is 0 Å². The highest BCUT2D eigenvalue weighted by molar-refractivity contribution is 5.94. The fraction of sp³-hybridized carbons (Fsp3) is 0.267. The van der Waals surface area contributed by atoms with Crippen LogP contribution in [0.1, 0.15) is 16.7 Å². The first kappa shape index (κ1) is 30.0. The number of carbonyl (C=O) groups excluding carboxylic acids is 3. The average molecular weight is 547 g/mol. The maximum Gasteiger partial charge on any atom is 0.326 e. The Hall–Kier alpha value is -4.54. The molecule has 0 heterocycles. The van der Waals surface area contributed by atoms with Gasteiger partial charge in [-0.25, -0.2) is 4.79 Å². The molecule has 3 aromatic carbocycles. The molecule has 0 aliphatic rings. The van der Waals surface area contributed by atoms with Crippen molar-refractivity contribution in [3.63, 3.8) is 0 Å². The molecule has 0 bridgehead atoms. The van der Waals surface area contributed by atoms with Gasteiger partial charge >= 0.3 is 5.97 Å². The van der Waals surface area contributed by atoms with Crippen molar-refractivity contribution < 1.29 is 29.4 Å². The second-order valence-corrected chi connectivity index (χ2v) is 9.38. The third kappa shape index (κ3) is 9.33. The fourth-order valence-corrected chi connectivity index (χ4v) is 4.09. The van der Waals surface area contributed by atoms with Gasteiger partial charge < -0.3 is 31.9 Å². The van der Waals surface area contributed by atoms with E-state index >= 15 is 0 Å². The summed E-state index contributed by atoms with van der Waals surface area (Å²) in [6, 6.07) is 22.0. The number of aliphatic hydroxyl groups excluding tert-OH is 1. The second-order valence-electron chi connectivity index (χ2n) is 9.38. The quantitative estimate of drug-likeness (QED) is 0.172. The lowest BCUT2D eigenvalue weighted by Gasteiger charge is -2.24. The van der Waals surface area contributed by atoms with Crippen molar-refractivity contribution in [2.45, 2.75) is 43.4 Å². The molecular formula is C30H34N4O6. The molecule has 0 fully saturated rings. The van der Waals surface area contributed by atoms with Crippen LogP contribution < -0.4 is 21.7 Å². The maximum absolute atomic E-state index is 13.3. The van der Waals surface area contributed by atoms with Gasteiger partial charge in [-0.2, -0.15) is 0 Å². The minimum absolute atomic E-state index is 0.0442. The van der Waals surface area contributed by atoms with Gasteiger partial charge in [0.05, 0.1) is 12.6 Å². The summed E-state index contributed by atoms with van der Waals surface area (Å²) in [4.78, 5) is 50.9. The van der Waals surface area contributed by atoms with Crippen LogP contribution in [0, 0.1) is 0 Å². The minimum Gasteiger partial charge on any atom is -0.480 e. The first-order valence-corrected chi connectivity index (χ1v) is 12.9. The van der Waals surface area contributed by atoms with Crippen molar-refractivity contribution in [1.29, 1.82) is 0 Å². The number of carbonyl (C=O) groups is 4. The molecule has 3 rings (SSSR count). The van der Waals surface area contributed by atoms with Crippen molar-refractivity contribution in [2.24, 2.45) is 5.73 Å². The Morgan fingerprint density at radius 2 is 0.950 bits per heavy atom. The minimum atomic E-state index is -1.38. The van der Waals surface area contributed by atoms with Crippen LogP contribution in [-0.2, 0) is 38.4 Å². The van der Waals surface area contributed by atoms with Crippen molar-refractivity contribution in [3.05, 3.63) is 108 Å². The van der Waals surface area contributed by atoms with E-state index in [-0.39, 0.29) is 19.3 Å². The Labute approximate surface area is 232 Å². The summed E-state index contributed by atoms with van der Waals surface area (Å²) in [6.45, 7) is -0.735. The number of hydrogen-bond donors (Lipinski definition) is 6. The highest BCUT2D eigenvalue weighted by atomic mass is 16.4. The largest absolute Gasteiger partial charge is 0.480 e. The summed E-state index contributed by atoms with van der Waals surface area (Å²) in [7, 11) is 0. The van der Waals surface area contributed by atoms with Crippen LogP contribution in [0.4, 0.5) is 0 Å². The molecule has 3 aromatic rings. The zero-order valence-corrected chi connectivity index (χ0v) is 21.9. The zero-order chi connectivity index (χ0) is 28.9. The van der Waals surface area contributed by atoms with Crippen LogP contribution in [0.5, 0.6) is 0 Å². The number of rotatable bonds is 14. The summed E-state index contributed by atoms with van der Waals surface area (Å²) >= 11 is 0. The van der Waals surface area contributed by atoms with Crippen LogP contribution >= 0.6 is 0 Å². The van der Waals surface area contributed by atoms with E-state index in [0.29, 0.717) is 11.1 Å². The van der Waals surface area contributed by atoms with Crippen molar-refractivity contribution in [1.82, 2.24) is 16.0 Å². The third-order valence-corrected chi connectivity index (χ3v) is 6.26. The van der Waals surface area contributed by atoms with Crippen LogP contribution in [0.2, 0.25) is 0 Å². The third-order valence-electron chi connectivity index (χ3n) is 6.26. The molecule has 7 N–H and O–H groups in total. The normalized spacial score (nSPS) is 13.8. The van der Waals surface area contributed by atoms with Crippen LogP contribution in [0.15, 0.2) is 91.0 Å². The number of amides is 3. The molecule has 4 unspecified atom stereocenters. The number of carboxylic acids is 1. The Morgan fingerprint density at radius 1 is 0.575 bits per heavy atom. The van der Waals surface area contributed by atoms with Gasteiger partial charge in [0.1, 0.15) is 18.1 Å². The predicted octanol–water partition coefficient (Wildman–Crippen LogP) is 0.573. The highest BCUT2D eigenvalue weighted by Gasteiger charge is 2.30. The highest BCUT2D eigenvalue weighted by Crippen LogP contribution is 2.08. The summed E-state index contributed by atoms with van der Waals surface area (Å²) < 4.78 is 0. The molecule has 210 valence electrons. The number of hydrogen-bond acceptors (Lipinski definition) is 6. The molecule has 10 heteroatoms. The first-order valence-electron chi connectivity index (χ1n) is 12.9. The lowest BCUT2D eigenvalue weighted by molar-refractivity contribution is -0.142. The van der Waals surface area contributed by atoms with E-state index in [1.165, 1.54) is 0 Å². The Balaban J connectivity index is 1.70. The smallest absolute Gasteiger partial charge is 0.326 e. The molecule has 4 atom stereocenters. The van der Waals surface area contributed by atoms with Gasteiger partial charge in [-0.05, 0) is 23.1 Å². The van der Waals surface area contributed by atoms with Gasteiger partial charge in [0.25, 0.3) is 0 Å². The molecule has 0 aromatic heterocycles. The van der Waals surface area contributed by atoms with E-state index in [9.17, 15) is 29.4 Å². The molecule has 3 amide bonds. The molecule has 0 saturated heterocycles. The lowest BCUT2D eigenvalue weighted by Crippen LogP contribution is -2.58. The summed E-state index contributed by atoms with van der Waals surface area (Å²) in [5.74, 6) is -3.40. The summed E-state index contributed by atoms with van der Waals surface area (Å²) in [6.07, 6.45) is 0.321. The molecule has 40 heavy (non-hydrogen) atoms. The van der Waals surface area contributed by atoms with E-state index in [0.717, 1.165) is 5.56 Å². The fourth-order valence-electron chi connectivity index (χ4n) is 4.09. The Kier molecular flexibility index (Phi) is 11.4. The first-order chi connectivity index (χ1) is 19.3. The van der Waals surface area contributed by atoms with E-state index in [2.05, 4.69) is 16.0 Å². The maximum atomic E-state index is 13.3. The molecule has 0 radical (unpaired) electrons. The molecule has 10 nitrogen and oxygen atoms in total. The van der Waals surface area contributed by atoms with Gasteiger partial charge in [0, 0.05) is 12.8 Å². The van der Waals surface area contributed by atoms with E-state index < -0.39 is 54.5 Å². The van der Waals surface area contributed by atoms with Gasteiger partial charge in [-0.3, -0.25) is 14.4 Å². The van der Waals surface area contributed by atoms with Gasteiger partial charge in [0.2, 0.25) is 17.7 Å². The zero-order valence-electron chi connectivity index (χ0n) is 21.9. The van der Waals surface area contributed by atoms with Gasteiger partial charge in [0.15, 0.2) is 0 Å². The van der Waals surface area contributed by atoms with E-state index in [4.69, 9.17) is 5.73 Å². The van der Waals surface area contributed by atoms with Crippen LogP contribution in [0.3, 0.4) is 0 Å². The van der Waals surface area contributed by atoms with Crippen molar-refractivity contribution in [2.75, 3.05) is 6.61 Å². The van der Waals surface area contributed by atoms with Crippen LogP contribution in [0.25, 0.3) is 0 Å². The topological polar surface area (TPSA) is 171 Å². The lowest BCUT2D eigenvalue weighted by atomic mass is 10.0. The average Bonchev–Trinajstić information content (AvgIpc) is 2.96. The standard InChI is InChI=1S/C30H34N4O6/c31-23(16-20-10-4-1-5-11-20)27(36)34-26(19-35)29(38)32-24(17-21-12-6-2-7-13-21)28(37)33-25(30(39)40)18-22-14-8-3-9-15-22/h1-15,23-26,35H,16-19,31H2,(H,32,38)(H,33,37)(H,34,36)(H,39,40). The molecule has 0 aliphatic heterocycles. The number of benzene rings is 3. The summed E-state index contributed by atoms with van der Waals surface area (Å²) in [5.41, 5.74) is 8.27. The number of aliphatic carboxylic acids is 1. The number of carboxylic acid groups (broad SMARTS) is 1. The van der Waals surface area contributed by atoms with Gasteiger partial charge in [-0.15, -0.1) is 0 Å². The Morgan fingerprint density at radius 3 is 1.40 bits per heavy atom. The molecule has 0 saturated carbocycles. The van der Waals surface area contributed by atoms with Gasteiger partial charge in [-0.1, -0.05) is 91.0 Å². The number of aliphatic hydroxyl groups is 1. The molecular weight excluding hydrogens is 512 g/mol. The van der Waals surface area contributed by atoms with Crippen molar-refractivity contribution >= 4 is 23.7 Å². The van der Waals surface area contributed by atoms with E-state index in [1.807, 2.05) is 30.3 Å². The predicted molar refractivity (Wildman–Crippen MR) is 149 cm³/mol. The SMILES string of the molecule is NC(Cc1ccccc1)C(=O)NC(CO)C(=O)NC(Cc1ccccc1)C(=O)NC(Cc1ccccc1)C(=O)O. The molecule has 0 spiro atoms. The van der Waals surface area contributed by atoms with E-state index in [1.54, 1.807) is 60.7 Å². The van der Waals surface area contributed by atoms with Crippen LogP contribution in [-0.4, -0.2) is 64.7 Å². The molecule has 0 aliphatic carbocycles. The monoisotopic (exact) mass is 546 g/mol.